The number of carbonyl (C=O) groups is 3. The lowest BCUT2D eigenvalue weighted by Gasteiger charge is -2.45. The molecule has 1 aromatic rings. The largest absolute Gasteiger partial charge is 0.462 e. The van der Waals surface area contributed by atoms with Gasteiger partial charge in [0, 0.05) is 17.6 Å². The van der Waals surface area contributed by atoms with Crippen molar-refractivity contribution in [2.45, 2.75) is 57.9 Å². The number of fused-ring (bicyclic) bond motifs is 3. The Bertz CT molecular complexity index is 886. The summed E-state index contributed by atoms with van der Waals surface area (Å²) in [4.78, 5) is 37.8. The molecule has 4 aliphatic rings. The Balaban J connectivity index is 1.25. The summed E-state index contributed by atoms with van der Waals surface area (Å²) in [6.45, 7) is 2.08. The Hall–Kier alpha value is -2.41. The number of anilines is 1. The van der Waals surface area contributed by atoms with Gasteiger partial charge in [0.05, 0.1) is 12.2 Å². The fraction of sp³-hybridized carbons (Fsp3) is 0.640. The fourth-order valence-electron chi connectivity index (χ4n) is 7.01. The second-order valence-electron chi connectivity index (χ2n) is 9.82. The van der Waals surface area contributed by atoms with Crippen molar-refractivity contribution in [2.75, 3.05) is 18.5 Å². The number of hydrazine groups is 1. The summed E-state index contributed by atoms with van der Waals surface area (Å²) in [5.41, 5.74) is 4.55. The van der Waals surface area contributed by atoms with Crippen LogP contribution in [0.4, 0.5) is 5.69 Å². The second-order valence-corrected chi connectivity index (χ2v) is 9.82. The zero-order chi connectivity index (χ0) is 22.2. The van der Waals surface area contributed by atoms with Gasteiger partial charge in [-0.25, -0.2) is 10.2 Å². The topological polar surface area (TPSA) is 87.7 Å². The summed E-state index contributed by atoms with van der Waals surface area (Å²) in [6.07, 6.45) is 8.47. The van der Waals surface area contributed by atoms with Crippen LogP contribution in [0.3, 0.4) is 0 Å². The van der Waals surface area contributed by atoms with Gasteiger partial charge >= 0.3 is 5.97 Å². The molecule has 32 heavy (non-hydrogen) atoms. The van der Waals surface area contributed by atoms with Gasteiger partial charge in [0.15, 0.2) is 0 Å². The van der Waals surface area contributed by atoms with Crippen LogP contribution >= 0.6 is 0 Å². The summed E-state index contributed by atoms with van der Waals surface area (Å²) in [5, 5.41) is 4.45. The number of amides is 2. The van der Waals surface area contributed by atoms with E-state index in [-0.39, 0.29) is 30.2 Å². The standard InChI is InChI=1S/C25H33N3O4/c1-2-32-25(31)15-10-12-16(13-11-15)26-21(29)14-28-24(30)20-9-5-8-18-17-6-3-4-7-19(17)23(27-28)22(18)20/h10-13,17-20,22-23,27H,2-9,14H2,1H3,(H,26,29). The molecule has 1 aromatic carbocycles. The molecule has 4 fully saturated rings. The number of ether oxygens (including phenoxy) is 1. The average Bonchev–Trinajstić information content (AvgIpc) is 3.12. The summed E-state index contributed by atoms with van der Waals surface area (Å²) in [7, 11) is 0. The van der Waals surface area contributed by atoms with Crippen LogP contribution in [0.15, 0.2) is 24.3 Å². The Morgan fingerprint density at radius 1 is 1.03 bits per heavy atom. The molecule has 0 bridgehead atoms. The smallest absolute Gasteiger partial charge is 0.338 e. The van der Waals surface area contributed by atoms with E-state index in [1.54, 1.807) is 36.2 Å². The molecule has 1 heterocycles. The van der Waals surface area contributed by atoms with Gasteiger partial charge in [0.2, 0.25) is 11.8 Å². The number of carbonyl (C=O) groups excluding carboxylic acids is 3. The molecule has 172 valence electrons. The van der Waals surface area contributed by atoms with Crippen molar-refractivity contribution < 1.29 is 19.1 Å². The normalized spacial score (nSPS) is 33.3. The van der Waals surface area contributed by atoms with Crippen LogP contribution in [0.2, 0.25) is 0 Å². The molecule has 3 aliphatic carbocycles. The van der Waals surface area contributed by atoms with Crippen molar-refractivity contribution >= 4 is 23.5 Å². The average molecular weight is 440 g/mol. The van der Waals surface area contributed by atoms with E-state index in [0.717, 1.165) is 18.8 Å². The van der Waals surface area contributed by atoms with Crippen LogP contribution in [0.5, 0.6) is 0 Å². The predicted octanol–water partition coefficient (Wildman–Crippen LogP) is 3.37. The quantitative estimate of drug-likeness (QED) is 0.687. The first-order valence-corrected chi connectivity index (χ1v) is 12.2. The highest BCUT2D eigenvalue weighted by atomic mass is 16.5. The Kier molecular flexibility index (Phi) is 5.93. The van der Waals surface area contributed by atoms with E-state index in [1.165, 1.54) is 32.1 Å². The van der Waals surface area contributed by atoms with E-state index in [9.17, 15) is 14.4 Å². The maximum Gasteiger partial charge on any atom is 0.338 e. The maximum atomic E-state index is 13.3. The molecule has 5 rings (SSSR count). The zero-order valence-corrected chi connectivity index (χ0v) is 18.7. The van der Waals surface area contributed by atoms with E-state index in [2.05, 4.69) is 10.7 Å². The van der Waals surface area contributed by atoms with Crippen molar-refractivity contribution in [3.05, 3.63) is 29.8 Å². The first kappa shape index (κ1) is 21.4. The van der Waals surface area contributed by atoms with E-state index in [1.807, 2.05) is 0 Å². The molecule has 2 amide bonds. The number of benzene rings is 1. The molecule has 6 unspecified atom stereocenters. The molecule has 3 saturated carbocycles. The first-order valence-electron chi connectivity index (χ1n) is 12.2. The highest BCUT2D eigenvalue weighted by molar-refractivity contribution is 5.96. The van der Waals surface area contributed by atoms with E-state index >= 15 is 0 Å². The first-order chi connectivity index (χ1) is 15.6. The monoisotopic (exact) mass is 439 g/mol. The van der Waals surface area contributed by atoms with Crippen LogP contribution in [-0.4, -0.2) is 42.0 Å². The van der Waals surface area contributed by atoms with Crippen LogP contribution in [0.25, 0.3) is 0 Å². The molecule has 6 atom stereocenters. The number of hydrogen-bond donors (Lipinski definition) is 2. The van der Waals surface area contributed by atoms with Crippen LogP contribution < -0.4 is 10.7 Å². The summed E-state index contributed by atoms with van der Waals surface area (Å²) in [5.74, 6) is 2.02. The molecule has 7 heteroatoms. The SMILES string of the molecule is CCOC(=O)c1ccc(NC(=O)CN2NC3C4CCCCC4C4CCCC(C2=O)C43)cc1. The van der Waals surface area contributed by atoms with Gasteiger partial charge in [-0.15, -0.1) is 0 Å². The second kappa shape index (κ2) is 8.85. The molecular formula is C25H33N3O4. The fourth-order valence-corrected chi connectivity index (χ4v) is 7.01. The predicted molar refractivity (Wildman–Crippen MR) is 119 cm³/mol. The third-order valence-corrected chi connectivity index (χ3v) is 8.18. The van der Waals surface area contributed by atoms with Crippen LogP contribution in [0, 0.1) is 29.6 Å². The lowest BCUT2D eigenvalue weighted by Crippen LogP contribution is -2.63. The van der Waals surface area contributed by atoms with Crippen molar-refractivity contribution in [2.24, 2.45) is 29.6 Å². The molecular weight excluding hydrogens is 406 g/mol. The molecule has 0 spiro atoms. The van der Waals surface area contributed by atoms with Crippen molar-refractivity contribution in [3.8, 4) is 0 Å². The Morgan fingerprint density at radius 2 is 1.75 bits per heavy atom. The Labute approximate surface area is 189 Å². The highest BCUT2D eigenvalue weighted by Gasteiger charge is 2.58. The number of rotatable bonds is 5. The van der Waals surface area contributed by atoms with Crippen molar-refractivity contribution in [3.63, 3.8) is 0 Å². The van der Waals surface area contributed by atoms with Crippen LogP contribution in [0.1, 0.15) is 62.2 Å². The van der Waals surface area contributed by atoms with Gasteiger partial charge in [-0.2, -0.15) is 0 Å². The lowest BCUT2D eigenvalue weighted by molar-refractivity contribution is -0.153. The summed E-state index contributed by atoms with van der Waals surface area (Å²) < 4.78 is 4.99. The van der Waals surface area contributed by atoms with Crippen LogP contribution in [-0.2, 0) is 14.3 Å². The number of nitrogens with one attached hydrogen (secondary N) is 2. The highest BCUT2D eigenvalue weighted by Crippen LogP contribution is 2.57. The molecule has 0 aromatic heterocycles. The summed E-state index contributed by atoms with van der Waals surface area (Å²) >= 11 is 0. The van der Waals surface area contributed by atoms with E-state index < -0.39 is 0 Å². The van der Waals surface area contributed by atoms with E-state index in [0.29, 0.717) is 41.7 Å². The Morgan fingerprint density at radius 3 is 2.50 bits per heavy atom. The van der Waals surface area contributed by atoms with Gasteiger partial charge in [-0.3, -0.25) is 14.6 Å². The minimum atomic E-state index is -0.383. The third kappa shape index (κ3) is 3.81. The molecule has 0 radical (unpaired) electrons. The minimum Gasteiger partial charge on any atom is -0.462 e. The molecule has 1 aliphatic heterocycles. The van der Waals surface area contributed by atoms with Gasteiger partial charge in [0.25, 0.3) is 0 Å². The summed E-state index contributed by atoms with van der Waals surface area (Å²) in [6, 6.07) is 6.95. The van der Waals surface area contributed by atoms with Gasteiger partial charge in [-0.1, -0.05) is 19.3 Å². The molecule has 1 saturated heterocycles. The van der Waals surface area contributed by atoms with Gasteiger partial charge in [-0.05, 0) is 80.5 Å². The number of hydrogen-bond acceptors (Lipinski definition) is 5. The van der Waals surface area contributed by atoms with Crippen molar-refractivity contribution in [1.82, 2.24) is 10.4 Å². The van der Waals surface area contributed by atoms with Gasteiger partial charge in [0.1, 0.15) is 6.54 Å². The number of esters is 1. The number of nitrogens with zero attached hydrogens (tertiary/aromatic N) is 1. The third-order valence-electron chi connectivity index (χ3n) is 8.18. The molecule has 2 N–H and O–H groups in total. The van der Waals surface area contributed by atoms with Gasteiger partial charge < -0.3 is 10.1 Å². The minimum absolute atomic E-state index is 0.000233. The molecule has 7 nitrogen and oxygen atoms in total. The zero-order valence-electron chi connectivity index (χ0n) is 18.7. The maximum absolute atomic E-state index is 13.3. The lowest BCUT2D eigenvalue weighted by atomic mass is 9.68. The van der Waals surface area contributed by atoms with E-state index in [4.69, 9.17) is 4.74 Å². The van der Waals surface area contributed by atoms with Crippen molar-refractivity contribution in [1.29, 1.82) is 0 Å².